The van der Waals surface area contributed by atoms with Crippen molar-refractivity contribution in [2.45, 2.75) is 57.0 Å². The van der Waals surface area contributed by atoms with E-state index in [9.17, 15) is 13.2 Å². The first kappa shape index (κ1) is 22.3. The molecule has 0 aromatic heterocycles. The maximum Gasteiger partial charge on any atom is 0.251 e. The zero-order valence-electron chi connectivity index (χ0n) is 18.0. The molecular formula is C23H30N2O4S. The molecule has 1 saturated heterocycles. The van der Waals surface area contributed by atoms with Gasteiger partial charge in [0.2, 0.25) is 10.0 Å². The summed E-state index contributed by atoms with van der Waals surface area (Å²) < 4.78 is 33.6. The summed E-state index contributed by atoms with van der Waals surface area (Å²) in [7, 11) is -2.33. The number of ether oxygens (including phenoxy) is 1. The Kier molecular flexibility index (Phi) is 6.83. The Morgan fingerprint density at radius 3 is 2.60 bits per heavy atom. The minimum Gasteiger partial charge on any atom is -0.495 e. The van der Waals surface area contributed by atoms with E-state index in [2.05, 4.69) is 5.32 Å². The number of hydrogen-bond donors (Lipinski definition) is 1. The van der Waals surface area contributed by atoms with E-state index < -0.39 is 10.0 Å². The van der Waals surface area contributed by atoms with Crippen LogP contribution in [0.15, 0.2) is 47.4 Å². The number of amides is 1. The summed E-state index contributed by atoms with van der Waals surface area (Å²) in [5.41, 5.74) is 2.40. The summed E-state index contributed by atoms with van der Waals surface area (Å²) in [5.74, 6) is -0.0761. The van der Waals surface area contributed by atoms with Crippen LogP contribution in [0.2, 0.25) is 0 Å². The smallest absolute Gasteiger partial charge is 0.251 e. The Labute approximate surface area is 179 Å². The predicted octanol–water partition coefficient (Wildman–Crippen LogP) is 4.06. The van der Waals surface area contributed by atoms with Crippen molar-refractivity contribution in [3.8, 4) is 5.75 Å². The Hall–Kier alpha value is -2.38. The lowest BCUT2D eigenvalue weighted by molar-refractivity contribution is 0.0939. The summed E-state index contributed by atoms with van der Waals surface area (Å²) in [6.07, 6.45) is 2.68. The van der Waals surface area contributed by atoms with E-state index in [1.54, 1.807) is 12.1 Å². The van der Waals surface area contributed by atoms with Crippen LogP contribution in [0.1, 0.15) is 60.6 Å². The molecule has 1 aliphatic rings. The Bertz CT molecular complexity index is 1020. The molecule has 2 atom stereocenters. The van der Waals surface area contributed by atoms with Gasteiger partial charge in [0.05, 0.1) is 13.2 Å². The lowest BCUT2D eigenvalue weighted by Gasteiger charge is -2.32. The lowest BCUT2D eigenvalue weighted by atomic mass is 10.0. The maximum absolute atomic E-state index is 13.4. The number of benzene rings is 2. The molecule has 0 saturated carbocycles. The van der Waals surface area contributed by atoms with Gasteiger partial charge in [-0.3, -0.25) is 4.79 Å². The average Bonchev–Trinajstić information content (AvgIpc) is 2.73. The molecule has 2 unspecified atom stereocenters. The van der Waals surface area contributed by atoms with Crippen LogP contribution in [-0.2, 0) is 10.0 Å². The van der Waals surface area contributed by atoms with Crippen LogP contribution in [0, 0.1) is 6.92 Å². The van der Waals surface area contributed by atoms with Gasteiger partial charge in [-0.05, 0) is 62.9 Å². The van der Waals surface area contributed by atoms with Crippen molar-refractivity contribution in [2.75, 3.05) is 13.7 Å². The number of rotatable bonds is 6. The fraction of sp³-hybridized carbons (Fsp3) is 0.435. The topological polar surface area (TPSA) is 75.7 Å². The molecular weight excluding hydrogens is 400 g/mol. The van der Waals surface area contributed by atoms with Gasteiger partial charge in [0, 0.05) is 18.2 Å². The SMILES string of the molecule is COc1ccc(C(=O)NC(C)c2ccccc2C)cc1S(=O)(=O)N1CCCCC1C. The van der Waals surface area contributed by atoms with E-state index in [4.69, 9.17) is 4.74 Å². The molecule has 2 aromatic carbocycles. The third-order valence-electron chi connectivity index (χ3n) is 5.76. The minimum absolute atomic E-state index is 0.0370. The van der Waals surface area contributed by atoms with Gasteiger partial charge in [-0.15, -0.1) is 0 Å². The molecule has 1 aliphatic heterocycles. The molecule has 2 aromatic rings. The fourth-order valence-corrected chi connectivity index (χ4v) is 5.89. The number of piperidine rings is 1. The first-order valence-corrected chi connectivity index (χ1v) is 11.8. The third-order valence-corrected chi connectivity index (χ3v) is 7.79. The van der Waals surface area contributed by atoms with Crippen LogP contribution >= 0.6 is 0 Å². The highest BCUT2D eigenvalue weighted by Crippen LogP contribution is 2.32. The Morgan fingerprint density at radius 1 is 1.20 bits per heavy atom. The number of methoxy groups -OCH3 is 1. The van der Waals surface area contributed by atoms with Gasteiger partial charge in [-0.2, -0.15) is 4.31 Å². The molecule has 0 radical (unpaired) electrons. The van der Waals surface area contributed by atoms with Crippen molar-refractivity contribution in [1.29, 1.82) is 0 Å². The highest BCUT2D eigenvalue weighted by atomic mass is 32.2. The van der Waals surface area contributed by atoms with E-state index >= 15 is 0 Å². The van der Waals surface area contributed by atoms with Crippen molar-refractivity contribution in [3.05, 3.63) is 59.2 Å². The summed E-state index contributed by atoms with van der Waals surface area (Å²) >= 11 is 0. The number of carbonyl (C=O) groups is 1. The van der Waals surface area contributed by atoms with E-state index in [-0.39, 0.29) is 28.6 Å². The van der Waals surface area contributed by atoms with Crippen molar-refractivity contribution in [2.24, 2.45) is 0 Å². The van der Waals surface area contributed by atoms with Crippen LogP contribution in [0.4, 0.5) is 0 Å². The summed E-state index contributed by atoms with van der Waals surface area (Å²) in [6, 6.07) is 12.1. The first-order valence-electron chi connectivity index (χ1n) is 10.3. The number of nitrogens with zero attached hydrogens (tertiary/aromatic N) is 1. The van der Waals surface area contributed by atoms with Crippen LogP contribution in [0.5, 0.6) is 5.75 Å². The van der Waals surface area contributed by atoms with Crippen molar-refractivity contribution in [1.82, 2.24) is 9.62 Å². The molecule has 6 nitrogen and oxygen atoms in total. The maximum atomic E-state index is 13.4. The zero-order valence-corrected chi connectivity index (χ0v) is 18.8. The lowest BCUT2D eigenvalue weighted by Crippen LogP contribution is -2.42. The predicted molar refractivity (Wildman–Crippen MR) is 117 cm³/mol. The molecule has 0 bridgehead atoms. The molecule has 1 heterocycles. The first-order chi connectivity index (χ1) is 14.3. The normalized spacial score (nSPS) is 18.6. The molecule has 1 N–H and O–H groups in total. The fourth-order valence-electron chi connectivity index (χ4n) is 4.01. The largest absolute Gasteiger partial charge is 0.495 e. The van der Waals surface area contributed by atoms with Gasteiger partial charge in [0.1, 0.15) is 10.6 Å². The van der Waals surface area contributed by atoms with Gasteiger partial charge in [-0.1, -0.05) is 30.7 Å². The van der Waals surface area contributed by atoms with E-state index in [0.717, 1.165) is 30.4 Å². The quantitative estimate of drug-likeness (QED) is 0.750. The molecule has 0 aliphatic carbocycles. The monoisotopic (exact) mass is 430 g/mol. The molecule has 1 amide bonds. The van der Waals surface area contributed by atoms with Gasteiger partial charge in [0.15, 0.2) is 0 Å². The number of sulfonamides is 1. The van der Waals surface area contributed by atoms with Crippen molar-refractivity contribution < 1.29 is 17.9 Å². The second-order valence-corrected chi connectivity index (χ2v) is 9.74. The number of hydrogen-bond acceptors (Lipinski definition) is 4. The van der Waals surface area contributed by atoms with Gasteiger partial charge in [-0.25, -0.2) is 8.42 Å². The van der Waals surface area contributed by atoms with Crippen LogP contribution in [0.25, 0.3) is 0 Å². The highest BCUT2D eigenvalue weighted by molar-refractivity contribution is 7.89. The summed E-state index contributed by atoms with van der Waals surface area (Å²) in [5, 5.41) is 2.97. The van der Waals surface area contributed by atoms with Crippen molar-refractivity contribution in [3.63, 3.8) is 0 Å². The van der Waals surface area contributed by atoms with Gasteiger partial charge in [0.25, 0.3) is 5.91 Å². The number of nitrogens with one attached hydrogen (secondary N) is 1. The molecule has 1 fully saturated rings. The molecule has 30 heavy (non-hydrogen) atoms. The van der Waals surface area contributed by atoms with Crippen LogP contribution < -0.4 is 10.1 Å². The van der Waals surface area contributed by atoms with Crippen LogP contribution in [0.3, 0.4) is 0 Å². The average molecular weight is 431 g/mol. The molecule has 7 heteroatoms. The van der Waals surface area contributed by atoms with E-state index in [0.29, 0.717) is 12.1 Å². The summed E-state index contributed by atoms with van der Waals surface area (Å²) in [4.78, 5) is 12.9. The third kappa shape index (κ3) is 4.52. The van der Waals surface area contributed by atoms with E-state index in [1.165, 1.54) is 17.5 Å². The second kappa shape index (κ2) is 9.18. The summed E-state index contributed by atoms with van der Waals surface area (Å²) in [6.45, 7) is 6.31. The van der Waals surface area contributed by atoms with Gasteiger partial charge >= 0.3 is 0 Å². The minimum atomic E-state index is -3.77. The second-order valence-electron chi connectivity index (χ2n) is 7.88. The molecule has 0 spiro atoms. The van der Waals surface area contributed by atoms with E-state index in [1.807, 2.05) is 45.0 Å². The van der Waals surface area contributed by atoms with Crippen molar-refractivity contribution >= 4 is 15.9 Å². The van der Waals surface area contributed by atoms with Crippen LogP contribution in [-0.4, -0.2) is 38.3 Å². The highest BCUT2D eigenvalue weighted by Gasteiger charge is 2.33. The number of aryl methyl sites for hydroxylation is 1. The molecule has 162 valence electrons. The van der Waals surface area contributed by atoms with Gasteiger partial charge < -0.3 is 10.1 Å². The number of carbonyl (C=O) groups excluding carboxylic acids is 1. The Balaban J connectivity index is 1.90. The zero-order chi connectivity index (χ0) is 21.9. The molecule has 3 rings (SSSR count). The Morgan fingerprint density at radius 2 is 1.93 bits per heavy atom. The standard InChI is InChI=1S/C23H30N2O4S/c1-16-9-5-6-11-20(16)18(3)24-23(26)19-12-13-21(29-4)22(15-19)30(27,28)25-14-8-7-10-17(25)2/h5-6,9,11-13,15,17-18H,7-8,10,14H2,1-4H3,(H,24,26).